The van der Waals surface area contributed by atoms with E-state index in [1.807, 2.05) is 38.1 Å². The van der Waals surface area contributed by atoms with Crippen molar-refractivity contribution in [1.82, 2.24) is 9.55 Å². The predicted molar refractivity (Wildman–Crippen MR) is 80.1 cm³/mol. The zero-order valence-electron chi connectivity index (χ0n) is 11.3. The van der Waals surface area contributed by atoms with Gasteiger partial charge in [-0.15, -0.1) is 11.6 Å². The van der Waals surface area contributed by atoms with E-state index in [1.165, 1.54) is 6.07 Å². The van der Waals surface area contributed by atoms with Crippen LogP contribution in [0, 0.1) is 19.7 Å². The van der Waals surface area contributed by atoms with Gasteiger partial charge < -0.3 is 0 Å². The first-order valence-corrected chi connectivity index (χ1v) is 6.94. The number of hydrogen-bond donors (Lipinski definition) is 0. The van der Waals surface area contributed by atoms with Crippen LogP contribution < -0.4 is 0 Å². The van der Waals surface area contributed by atoms with Crippen molar-refractivity contribution in [2.24, 2.45) is 0 Å². The molecule has 0 saturated carbocycles. The van der Waals surface area contributed by atoms with E-state index in [2.05, 4.69) is 4.98 Å². The molecule has 0 amide bonds. The van der Waals surface area contributed by atoms with Gasteiger partial charge in [0, 0.05) is 0 Å². The molecular weight excluding hydrogens is 275 g/mol. The summed E-state index contributed by atoms with van der Waals surface area (Å²) in [6.45, 7) is 3.86. The van der Waals surface area contributed by atoms with Gasteiger partial charge in [0.05, 0.1) is 22.6 Å². The first-order valence-electron chi connectivity index (χ1n) is 6.41. The number of aryl methyl sites for hydroxylation is 2. The fraction of sp³-hybridized carbons (Fsp3) is 0.188. The molecule has 0 N–H and O–H groups in total. The van der Waals surface area contributed by atoms with E-state index >= 15 is 0 Å². The highest BCUT2D eigenvalue weighted by Gasteiger charge is 2.15. The van der Waals surface area contributed by atoms with Gasteiger partial charge >= 0.3 is 0 Å². The molecule has 0 spiro atoms. The summed E-state index contributed by atoms with van der Waals surface area (Å²) in [6.07, 6.45) is 0. The van der Waals surface area contributed by atoms with Crippen molar-refractivity contribution in [2.45, 2.75) is 19.7 Å². The Kier molecular flexibility index (Phi) is 3.22. The summed E-state index contributed by atoms with van der Waals surface area (Å²) in [4.78, 5) is 4.53. The van der Waals surface area contributed by atoms with Gasteiger partial charge in [-0.05, 0) is 43.2 Å². The smallest absolute Gasteiger partial charge is 0.147 e. The van der Waals surface area contributed by atoms with E-state index < -0.39 is 0 Å². The van der Waals surface area contributed by atoms with Gasteiger partial charge in [-0.25, -0.2) is 9.37 Å². The molecule has 102 valence electrons. The molecule has 0 atom stereocenters. The Labute approximate surface area is 121 Å². The molecule has 0 bridgehead atoms. The third-order valence-electron chi connectivity index (χ3n) is 3.42. The Morgan fingerprint density at radius 1 is 1.20 bits per heavy atom. The minimum absolute atomic E-state index is 0.238. The number of alkyl halides is 1. The van der Waals surface area contributed by atoms with Crippen LogP contribution >= 0.6 is 11.6 Å². The van der Waals surface area contributed by atoms with Crippen LogP contribution in [-0.2, 0) is 5.88 Å². The Hall–Kier alpha value is -1.87. The number of halogens is 2. The number of nitrogens with zero attached hydrogens (tertiary/aromatic N) is 2. The van der Waals surface area contributed by atoms with Crippen LogP contribution in [-0.4, -0.2) is 9.55 Å². The predicted octanol–water partition coefficient (Wildman–Crippen LogP) is 4.52. The van der Waals surface area contributed by atoms with Crippen LogP contribution in [0.25, 0.3) is 16.7 Å². The molecule has 0 unspecified atom stereocenters. The highest BCUT2D eigenvalue weighted by Crippen LogP contribution is 2.26. The Morgan fingerprint density at radius 2 is 2.00 bits per heavy atom. The summed E-state index contributed by atoms with van der Waals surface area (Å²) in [5.41, 5.74) is 4.17. The topological polar surface area (TPSA) is 17.8 Å². The summed E-state index contributed by atoms with van der Waals surface area (Å²) in [6, 6.07) is 11.0. The molecule has 0 radical (unpaired) electrons. The van der Waals surface area contributed by atoms with Crippen molar-refractivity contribution in [2.75, 3.05) is 0 Å². The monoisotopic (exact) mass is 288 g/mol. The van der Waals surface area contributed by atoms with E-state index in [4.69, 9.17) is 11.6 Å². The minimum Gasteiger partial charge on any atom is -0.292 e. The fourth-order valence-corrected chi connectivity index (χ4v) is 2.62. The Bertz CT molecular complexity index is 793. The van der Waals surface area contributed by atoms with Crippen molar-refractivity contribution in [3.63, 3.8) is 0 Å². The van der Waals surface area contributed by atoms with E-state index in [-0.39, 0.29) is 11.7 Å². The maximum absolute atomic E-state index is 14.3. The van der Waals surface area contributed by atoms with Crippen LogP contribution in [0.4, 0.5) is 4.39 Å². The molecule has 0 aliphatic rings. The first-order chi connectivity index (χ1) is 9.61. The lowest BCUT2D eigenvalue weighted by Crippen LogP contribution is -2.02. The fourth-order valence-electron chi connectivity index (χ4n) is 2.44. The lowest BCUT2D eigenvalue weighted by Gasteiger charge is -2.09. The second kappa shape index (κ2) is 4.91. The van der Waals surface area contributed by atoms with Crippen molar-refractivity contribution >= 4 is 22.6 Å². The highest BCUT2D eigenvalue weighted by molar-refractivity contribution is 6.17. The normalized spacial score (nSPS) is 11.2. The summed E-state index contributed by atoms with van der Waals surface area (Å²) < 4.78 is 16.1. The van der Waals surface area contributed by atoms with Crippen LogP contribution in [0.5, 0.6) is 0 Å². The van der Waals surface area contributed by atoms with Crippen LogP contribution in [0.2, 0.25) is 0 Å². The molecule has 4 heteroatoms. The number of para-hydroxylation sites is 1. The van der Waals surface area contributed by atoms with Crippen LogP contribution in [0.1, 0.15) is 17.0 Å². The molecule has 0 fully saturated rings. The van der Waals surface area contributed by atoms with Gasteiger partial charge in [0.25, 0.3) is 0 Å². The summed E-state index contributed by atoms with van der Waals surface area (Å²) in [5.74, 6) is 0.623. The number of aromatic nitrogens is 2. The van der Waals surface area contributed by atoms with Gasteiger partial charge in [0.15, 0.2) is 0 Å². The number of hydrogen-bond acceptors (Lipinski definition) is 1. The standard InChI is InChI=1S/C16H14ClFN2/c1-10-6-7-13(12(18)8-10)20-14-5-3-4-11(2)16(14)19-15(20)9-17/h3-8H,9H2,1-2H3. The average Bonchev–Trinajstić information content (AvgIpc) is 2.79. The van der Waals surface area contributed by atoms with Gasteiger partial charge in [-0.2, -0.15) is 0 Å². The lowest BCUT2D eigenvalue weighted by atomic mass is 10.2. The Balaban J connectivity index is 2.37. The largest absolute Gasteiger partial charge is 0.292 e. The number of benzene rings is 2. The zero-order valence-corrected chi connectivity index (χ0v) is 12.1. The summed E-state index contributed by atoms with van der Waals surface area (Å²) in [7, 11) is 0. The SMILES string of the molecule is Cc1ccc(-n2c(CCl)nc3c(C)cccc32)c(F)c1. The van der Waals surface area contributed by atoms with Gasteiger partial charge in [0.1, 0.15) is 11.6 Å². The number of rotatable bonds is 2. The summed E-state index contributed by atoms with van der Waals surface area (Å²) in [5, 5.41) is 0. The third kappa shape index (κ3) is 1.98. The Morgan fingerprint density at radius 3 is 2.70 bits per heavy atom. The maximum Gasteiger partial charge on any atom is 0.147 e. The number of fused-ring (bicyclic) bond motifs is 1. The van der Waals surface area contributed by atoms with Gasteiger partial charge in [-0.1, -0.05) is 18.2 Å². The summed E-state index contributed by atoms with van der Waals surface area (Å²) >= 11 is 5.98. The molecule has 2 aromatic carbocycles. The molecule has 0 aliphatic heterocycles. The van der Waals surface area contributed by atoms with E-state index in [9.17, 15) is 4.39 Å². The molecule has 20 heavy (non-hydrogen) atoms. The van der Waals surface area contributed by atoms with Crippen LogP contribution in [0.15, 0.2) is 36.4 Å². The molecule has 0 saturated heterocycles. The lowest BCUT2D eigenvalue weighted by molar-refractivity contribution is 0.616. The quantitative estimate of drug-likeness (QED) is 0.634. The van der Waals surface area contributed by atoms with Crippen molar-refractivity contribution < 1.29 is 4.39 Å². The average molecular weight is 289 g/mol. The third-order valence-corrected chi connectivity index (χ3v) is 3.66. The van der Waals surface area contributed by atoms with Crippen LogP contribution in [0.3, 0.4) is 0 Å². The molecule has 2 nitrogen and oxygen atoms in total. The molecule has 0 aliphatic carbocycles. The van der Waals surface area contributed by atoms with Crippen molar-refractivity contribution in [3.8, 4) is 5.69 Å². The molecule has 3 aromatic rings. The second-order valence-corrected chi connectivity index (χ2v) is 5.16. The molecular formula is C16H14ClFN2. The zero-order chi connectivity index (χ0) is 14.3. The van der Waals surface area contributed by atoms with E-state index in [0.29, 0.717) is 11.5 Å². The van der Waals surface area contributed by atoms with Gasteiger partial charge in [0.2, 0.25) is 0 Å². The minimum atomic E-state index is -0.267. The molecule has 1 heterocycles. The van der Waals surface area contributed by atoms with Crippen molar-refractivity contribution in [1.29, 1.82) is 0 Å². The maximum atomic E-state index is 14.3. The second-order valence-electron chi connectivity index (χ2n) is 4.89. The van der Waals surface area contributed by atoms with Gasteiger partial charge in [-0.3, -0.25) is 4.57 Å². The van der Waals surface area contributed by atoms with Crippen molar-refractivity contribution in [3.05, 3.63) is 59.2 Å². The highest BCUT2D eigenvalue weighted by atomic mass is 35.5. The molecule has 3 rings (SSSR count). The molecule has 1 aromatic heterocycles. The van der Waals surface area contributed by atoms with E-state index in [0.717, 1.165) is 22.2 Å². The number of imidazole rings is 1. The first kappa shape index (κ1) is 13.1. The van der Waals surface area contributed by atoms with E-state index in [1.54, 1.807) is 10.6 Å².